The summed E-state index contributed by atoms with van der Waals surface area (Å²) in [6.07, 6.45) is 5.05. The molecule has 0 bridgehead atoms. The van der Waals surface area contributed by atoms with Crippen LogP contribution in [0.4, 0.5) is 5.69 Å². The van der Waals surface area contributed by atoms with Gasteiger partial charge in [0.1, 0.15) is 5.75 Å². The van der Waals surface area contributed by atoms with Gasteiger partial charge < -0.3 is 19.5 Å². The van der Waals surface area contributed by atoms with Crippen LogP contribution < -0.4 is 15.0 Å². The van der Waals surface area contributed by atoms with Crippen molar-refractivity contribution >= 4 is 17.5 Å². The highest BCUT2D eigenvalue weighted by molar-refractivity contribution is 5.97. The Balaban J connectivity index is 1.44. The molecule has 1 aliphatic rings. The zero-order valence-corrected chi connectivity index (χ0v) is 14.4. The highest BCUT2D eigenvalue weighted by Crippen LogP contribution is 2.31. The molecule has 132 valence electrons. The van der Waals surface area contributed by atoms with Crippen molar-refractivity contribution in [3.63, 3.8) is 0 Å². The van der Waals surface area contributed by atoms with E-state index in [1.54, 1.807) is 4.90 Å². The van der Waals surface area contributed by atoms with Crippen LogP contribution in [0, 0.1) is 0 Å². The molecule has 25 heavy (non-hydrogen) atoms. The molecule has 0 radical (unpaired) electrons. The molecule has 6 nitrogen and oxygen atoms in total. The molecule has 0 unspecified atom stereocenters. The van der Waals surface area contributed by atoms with Crippen LogP contribution in [0.1, 0.15) is 25.8 Å². The van der Waals surface area contributed by atoms with Crippen molar-refractivity contribution in [1.82, 2.24) is 9.88 Å². The van der Waals surface area contributed by atoms with Crippen LogP contribution in [0.3, 0.4) is 0 Å². The Morgan fingerprint density at radius 1 is 1.24 bits per heavy atom. The van der Waals surface area contributed by atoms with Gasteiger partial charge in [-0.25, -0.2) is 0 Å². The lowest BCUT2D eigenvalue weighted by molar-refractivity contribution is -0.121. The zero-order chi connectivity index (χ0) is 17.6. The number of para-hydroxylation sites is 2. The standard InChI is InChI=1S/C19H23N3O3/c1-15(21-10-4-5-11-21)13-18(23)20-9-6-12-22-16-7-2-3-8-17(16)25-14-19(22)24/h2-5,7-8,10-11,15H,6,9,12-14H2,1H3,(H,20,23)/t15-/m0/s1. The largest absolute Gasteiger partial charge is 0.482 e. The Morgan fingerprint density at radius 2 is 2.00 bits per heavy atom. The number of hydrogen-bond donors (Lipinski definition) is 1. The van der Waals surface area contributed by atoms with Gasteiger partial charge in [0.15, 0.2) is 6.61 Å². The summed E-state index contributed by atoms with van der Waals surface area (Å²) in [5, 5.41) is 2.93. The molecule has 2 amide bonds. The maximum Gasteiger partial charge on any atom is 0.265 e. The summed E-state index contributed by atoms with van der Waals surface area (Å²) in [4.78, 5) is 25.8. The molecule has 0 fully saturated rings. The minimum atomic E-state index is -0.0498. The van der Waals surface area contributed by atoms with E-state index in [4.69, 9.17) is 4.74 Å². The van der Waals surface area contributed by atoms with Crippen LogP contribution in [-0.2, 0) is 9.59 Å². The number of ether oxygens (including phenoxy) is 1. The minimum Gasteiger partial charge on any atom is -0.482 e. The SMILES string of the molecule is C[C@@H](CC(=O)NCCCN1C(=O)COc2ccccc21)n1cccc1. The lowest BCUT2D eigenvalue weighted by Gasteiger charge is -2.29. The normalized spacial score (nSPS) is 14.6. The van der Waals surface area contributed by atoms with Crippen molar-refractivity contribution in [1.29, 1.82) is 0 Å². The summed E-state index contributed by atoms with van der Waals surface area (Å²) in [6, 6.07) is 11.5. The Hall–Kier alpha value is -2.76. The van der Waals surface area contributed by atoms with Gasteiger partial charge in [0.25, 0.3) is 5.91 Å². The highest BCUT2D eigenvalue weighted by Gasteiger charge is 2.24. The van der Waals surface area contributed by atoms with Gasteiger partial charge >= 0.3 is 0 Å². The lowest BCUT2D eigenvalue weighted by Crippen LogP contribution is -2.40. The maximum absolute atomic E-state index is 12.1. The number of nitrogens with one attached hydrogen (secondary N) is 1. The third-order valence-electron chi connectivity index (χ3n) is 4.31. The van der Waals surface area contributed by atoms with Gasteiger partial charge in [-0.05, 0) is 37.6 Å². The van der Waals surface area contributed by atoms with Gasteiger partial charge in [0.05, 0.1) is 5.69 Å². The molecule has 2 heterocycles. The first-order chi connectivity index (χ1) is 12.1. The van der Waals surface area contributed by atoms with Gasteiger partial charge in [0.2, 0.25) is 5.91 Å². The summed E-state index contributed by atoms with van der Waals surface area (Å²) in [7, 11) is 0. The molecule has 0 spiro atoms. The van der Waals surface area contributed by atoms with Crippen LogP contribution in [0.5, 0.6) is 5.75 Å². The van der Waals surface area contributed by atoms with Gasteiger partial charge in [-0.3, -0.25) is 9.59 Å². The molecule has 2 aromatic rings. The number of anilines is 1. The molecule has 3 rings (SSSR count). The second-order valence-electron chi connectivity index (χ2n) is 6.19. The number of hydrogen-bond acceptors (Lipinski definition) is 3. The first-order valence-corrected chi connectivity index (χ1v) is 8.56. The average Bonchev–Trinajstić information content (AvgIpc) is 3.15. The van der Waals surface area contributed by atoms with Crippen molar-refractivity contribution < 1.29 is 14.3 Å². The quantitative estimate of drug-likeness (QED) is 0.787. The minimum absolute atomic E-state index is 0.0231. The van der Waals surface area contributed by atoms with Crippen molar-refractivity contribution in [2.75, 3.05) is 24.6 Å². The lowest BCUT2D eigenvalue weighted by atomic mass is 10.2. The molecule has 0 saturated carbocycles. The molecule has 1 N–H and O–H groups in total. The molecule has 1 atom stereocenters. The number of rotatable bonds is 7. The summed E-state index contributed by atoms with van der Waals surface area (Å²) in [5.74, 6) is 0.702. The highest BCUT2D eigenvalue weighted by atomic mass is 16.5. The molecule has 0 saturated heterocycles. The number of aromatic nitrogens is 1. The van der Waals surface area contributed by atoms with E-state index in [0.717, 1.165) is 11.4 Å². The second-order valence-corrected chi connectivity index (χ2v) is 6.19. The Labute approximate surface area is 147 Å². The van der Waals surface area contributed by atoms with Crippen LogP contribution in [-0.4, -0.2) is 36.1 Å². The van der Waals surface area contributed by atoms with Crippen molar-refractivity contribution in [2.24, 2.45) is 0 Å². The molecule has 6 heteroatoms. The van der Waals surface area contributed by atoms with Crippen LogP contribution in [0.25, 0.3) is 0 Å². The topological polar surface area (TPSA) is 63.6 Å². The van der Waals surface area contributed by atoms with E-state index in [-0.39, 0.29) is 24.5 Å². The Bertz CT molecular complexity index is 727. The summed E-state index contributed by atoms with van der Waals surface area (Å²) < 4.78 is 7.44. The third-order valence-corrected chi connectivity index (χ3v) is 4.31. The fourth-order valence-electron chi connectivity index (χ4n) is 2.95. The predicted octanol–water partition coefficient (Wildman–Crippen LogP) is 2.37. The molecular formula is C19H23N3O3. The van der Waals surface area contributed by atoms with Crippen molar-refractivity contribution in [3.05, 3.63) is 48.8 Å². The van der Waals surface area contributed by atoms with E-state index in [2.05, 4.69) is 5.32 Å². The van der Waals surface area contributed by atoms with E-state index in [1.807, 2.05) is 60.3 Å². The molecule has 1 aliphatic heterocycles. The van der Waals surface area contributed by atoms with Crippen LogP contribution >= 0.6 is 0 Å². The number of fused-ring (bicyclic) bond motifs is 1. The van der Waals surface area contributed by atoms with Crippen LogP contribution in [0.2, 0.25) is 0 Å². The summed E-state index contributed by atoms with van der Waals surface area (Å²) in [6.45, 7) is 3.19. The van der Waals surface area contributed by atoms with E-state index >= 15 is 0 Å². The first kappa shape index (κ1) is 17.1. The van der Waals surface area contributed by atoms with Crippen LogP contribution in [0.15, 0.2) is 48.8 Å². The molecule has 1 aromatic carbocycles. The van der Waals surface area contributed by atoms with Crippen molar-refractivity contribution in [3.8, 4) is 5.75 Å². The number of carbonyl (C=O) groups excluding carboxylic acids is 2. The maximum atomic E-state index is 12.1. The van der Waals surface area contributed by atoms with Crippen molar-refractivity contribution in [2.45, 2.75) is 25.8 Å². The predicted molar refractivity (Wildman–Crippen MR) is 95.7 cm³/mol. The van der Waals surface area contributed by atoms with E-state index in [9.17, 15) is 9.59 Å². The number of nitrogens with zero attached hydrogens (tertiary/aromatic N) is 2. The Kier molecular flexibility index (Phi) is 5.38. The molecule has 1 aromatic heterocycles. The van der Waals surface area contributed by atoms with Gasteiger partial charge in [-0.2, -0.15) is 0 Å². The van der Waals surface area contributed by atoms with E-state index in [1.165, 1.54) is 0 Å². The number of amides is 2. The third kappa shape index (κ3) is 4.21. The summed E-state index contributed by atoms with van der Waals surface area (Å²) >= 11 is 0. The van der Waals surface area contributed by atoms with E-state index in [0.29, 0.717) is 25.9 Å². The van der Waals surface area contributed by atoms with E-state index < -0.39 is 0 Å². The number of carbonyl (C=O) groups is 2. The monoisotopic (exact) mass is 341 g/mol. The number of benzene rings is 1. The zero-order valence-electron chi connectivity index (χ0n) is 14.4. The van der Waals surface area contributed by atoms with Gasteiger partial charge in [-0.15, -0.1) is 0 Å². The van der Waals surface area contributed by atoms with Gasteiger partial charge in [0, 0.05) is 37.9 Å². The fourth-order valence-corrected chi connectivity index (χ4v) is 2.95. The molecular weight excluding hydrogens is 318 g/mol. The average molecular weight is 341 g/mol. The smallest absolute Gasteiger partial charge is 0.265 e. The summed E-state index contributed by atoms with van der Waals surface area (Å²) in [5.41, 5.74) is 0.798. The second kappa shape index (κ2) is 7.88. The first-order valence-electron chi connectivity index (χ1n) is 8.56. The van der Waals surface area contributed by atoms with Gasteiger partial charge in [-0.1, -0.05) is 12.1 Å². The Morgan fingerprint density at radius 3 is 2.80 bits per heavy atom. The molecule has 0 aliphatic carbocycles. The fraction of sp³-hybridized carbons (Fsp3) is 0.368.